The Kier molecular flexibility index (Phi) is 7.19. The molecule has 0 spiro atoms. The number of amides is 1. The van der Waals surface area contributed by atoms with E-state index in [1.54, 1.807) is 13.2 Å². The Hall–Kier alpha value is -3.46. The van der Waals surface area contributed by atoms with Crippen LogP contribution >= 0.6 is 11.9 Å². The predicted molar refractivity (Wildman–Crippen MR) is 118 cm³/mol. The van der Waals surface area contributed by atoms with Crippen molar-refractivity contribution in [3.63, 3.8) is 0 Å². The predicted octanol–water partition coefficient (Wildman–Crippen LogP) is 5.02. The summed E-state index contributed by atoms with van der Waals surface area (Å²) in [6.45, 7) is 1.92. The number of hydrogen-bond donors (Lipinski definition) is 1. The molecular formula is C22H20F2N4O2S. The molecule has 0 saturated heterocycles. The van der Waals surface area contributed by atoms with Gasteiger partial charge >= 0.3 is 0 Å². The molecule has 2 aromatic carbocycles. The number of rotatable bonds is 8. The summed E-state index contributed by atoms with van der Waals surface area (Å²) in [5.41, 5.74) is 2.63. The number of aromatic nitrogens is 2. The van der Waals surface area contributed by atoms with Gasteiger partial charge in [-0.15, -0.1) is 0 Å². The molecule has 3 aromatic rings. The van der Waals surface area contributed by atoms with Gasteiger partial charge in [0.1, 0.15) is 11.5 Å². The number of nitrogens with one attached hydrogen (secondary N) is 1. The number of aryl methyl sites for hydroxylation is 1. The Morgan fingerprint density at radius 2 is 1.97 bits per heavy atom. The van der Waals surface area contributed by atoms with Crippen molar-refractivity contribution in [2.24, 2.45) is 0 Å². The molecule has 1 heterocycles. The van der Waals surface area contributed by atoms with Gasteiger partial charge in [-0.2, -0.15) is 0 Å². The standard InChI is InChI=1S/C22H20F2N4O2S/c1-14-6-4-5-7-16(14)17(12-28(2)13-29)21-20(11-25-22(26-21)27-31-3)30-19-9-8-15(23)10-18(19)24/h4-13H,1-3H3,(H,25,26,27)/b17-12+. The number of carbonyl (C=O) groups is 1. The van der Waals surface area contributed by atoms with Gasteiger partial charge < -0.3 is 9.64 Å². The second-order valence-corrected chi connectivity index (χ2v) is 7.13. The molecule has 0 aliphatic carbocycles. The molecule has 1 aromatic heterocycles. The van der Waals surface area contributed by atoms with Crippen LogP contribution in [0.3, 0.4) is 0 Å². The highest BCUT2D eigenvalue weighted by atomic mass is 32.2. The average Bonchev–Trinajstić information content (AvgIpc) is 2.75. The van der Waals surface area contributed by atoms with Crippen molar-refractivity contribution in [2.45, 2.75) is 6.92 Å². The molecule has 31 heavy (non-hydrogen) atoms. The monoisotopic (exact) mass is 442 g/mol. The summed E-state index contributed by atoms with van der Waals surface area (Å²) in [5, 5.41) is 0. The lowest BCUT2D eigenvalue weighted by atomic mass is 9.98. The van der Waals surface area contributed by atoms with Crippen LogP contribution in [-0.2, 0) is 4.79 Å². The normalized spacial score (nSPS) is 11.2. The van der Waals surface area contributed by atoms with Crippen LogP contribution in [0.1, 0.15) is 16.8 Å². The van der Waals surface area contributed by atoms with E-state index in [1.807, 2.05) is 37.4 Å². The minimum atomic E-state index is -0.858. The Labute approximate surface area is 183 Å². The van der Waals surface area contributed by atoms with Gasteiger partial charge in [-0.25, -0.2) is 18.7 Å². The summed E-state index contributed by atoms with van der Waals surface area (Å²) in [5.74, 6) is -1.30. The highest BCUT2D eigenvalue weighted by Crippen LogP contribution is 2.35. The van der Waals surface area contributed by atoms with Gasteiger partial charge in [-0.05, 0) is 30.2 Å². The lowest BCUT2D eigenvalue weighted by Crippen LogP contribution is -2.10. The minimum absolute atomic E-state index is 0.144. The van der Waals surface area contributed by atoms with Crippen LogP contribution in [-0.4, -0.2) is 34.6 Å². The fourth-order valence-corrected chi connectivity index (χ4v) is 3.10. The highest BCUT2D eigenvalue weighted by molar-refractivity contribution is 7.99. The molecule has 1 amide bonds. The number of anilines is 1. The van der Waals surface area contributed by atoms with E-state index in [0.29, 0.717) is 23.6 Å². The molecule has 9 heteroatoms. The second-order valence-electron chi connectivity index (χ2n) is 6.52. The van der Waals surface area contributed by atoms with Crippen molar-refractivity contribution in [3.05, 3.63) is 83.3 Å². The van der Waals surface area contributed by atoms with Gasteiger partial charge in [-0.3, -0.25) is 9.52 Å². The van der Waals surface area contributed by atoms with Crippen molar-refractivity contribution in [3.8, 4) is 11.5 Å². The van der Waals surface area contributed by atoms with E-state index in [4.69, 9.17) is 4.74 Å². The van der Waals surface area contributed by atoms with Crippen molar-refractivity contribution in [2.75, 3.05) is 18.0 Å². The number of carbonyl (C=O) groups excluding carboxylic acids is 1. The van der Waals surface area contributed by atoms with E-state index in [2.05, 4.69) is 14.7 Å². The van der Waals surface area contributed by atoms with E-state index in [1.165, 1.54) is 29.1 Å². The lowest BCUT2D eigenvalue weighted by Gasteiger charge is -2.17. The molecule has 0 bridgehead atoms. The third-order valence-electron chi connectivity index (χ3n) is 4.25. The van der Waals surface area contributed by atoms with Crippen LogP contribution in [0.5, 0.6) is 11.5 Å². The first kappa shape index (κ1) is 22.2. The van der Waals surface area contributed by atoms with Crippen LogP contribution < -0.4 is 9.46 Å². The molecular weight excluding hydrogens is 422 g/mol. The van der Waals surface area contributed by atoms with Crippen molar-refractivity contribution < 1.29 is 18.3 Å². The Morgan fingerprint density at radius 3 is 2.65 bits per heavy atom. The SMILES string of the molecule is CSNc1ncc(Oc2ccc(F)cc2F)c(/C(=C/N(C)C=O)c2ccccc2C)n1. The zero-order valence-electron chi connectivity index (χ0n) is 17.1. The zero-order chi connectivity index (χ0) is 22.4. The Balaban J connectivity index is 2.20. The van der Waals surface area contributed by atoms with E-state index in [0.717, 1.165) is 23.3 Å². The molecule has 0 aliphatic rings. The molecule has 0 saturated carbocycles. The lowest BCUT2D eigenvalue weighted by molar-refractivity contribution is -0.114. The quantitative estimate of drug-likeness (QED) is 0.390. The van der Waals surface area contributed by atoms with Crippen LogP contribution in [0.25, 0.3) is 5.57 Å². The number of benzene rings is 2. The van der Waals surface area contributed by atoms with E-state index >= 15 is 0 Å². The largest absolute Gasteiger partial charge is 0.450 e. The first-order valence-electron chi connectivity index (χ1n) is 9.17. The van der Waals surface area contributed by atoms with Crippen molar-refractivity contribution in [1.82, 2.24) is 14.9 Å². The van der Waals surface area contributed by atoms with Crippen LogP contribution in [0.4, 0.5) is 14.7 Å². The van der Waals surface area contributed by atoms with Crippen molar-refractivity contribution >= 4 is 29.9 Å². The topological polar surface area (TPSA) is 67.4 Å². The fourth-order valence-electron chi connectivity index (χ4n) is 2.82. The van der Waals surface area contributed by atoms with Crippen molar-refractivity contribution in [1.29, 1.82) is 0 Å². The number of nitrogens with zero attached hydrogens (tertiary/aromatic N) is 3. The van der Waals surface area contributed by atoms with Gasteiger partial charge in [0, 0.05) is 31.1 Å². The van der Waals surface area contributed by atoms with Gasteiger partial charge in [0.25, 0.3) is 0 Å². The van der Waals surface area contributed by atoms with Crippen LogP contribution in [0.2, 0.25) is 0 Å². The Bertz CT molecular complexity index is 1120. The second kappa shape index (κ2) is 10.0. The molecule has 0 radical (unpaired) electrons. The van der Waals surface area contributed by atoms with Gasteiger partial charge in [0.2, 0.25) is 12.4 Å². The summed E-state index contributed by atoms with van der Waals surface area (Å²) >= 11 is 1.30. The van der Waals surface area contributed by atoms with Crippen LogP contribution in [0, 0.1) is 18.6 Å². The van der Waals surface area contributed by atoms with Crippen LogP contribution in [0.15, 0.2) is 54.9 Å². The number of hydrogen-bond acceptors (Lipinski definition) is 6. The summed E-state index contributed by atoms with van der Waals surface area (Å²) in [6.07, 6.45) is 5.48. The summed E-state index contributed by atoms with van der Waals surface area (Å²) in [7, 11) is 1.59. The highest BCUT2D eigenvalue weighted by Gasteiger charge is 2.19. The zero-order valence-corrected chi connectivity index (χ0v) is 17.9. The molecule has 0 aliphatic heterocycles. The first-order chi connectivity index (χ1) is 14.9. The molecule has 0 unspecified atom stereocenters. The molecule has 3 rings (SSSR count). The summed E-state index contributed by atoms with van der Waals surface area (Å²) in [6, 6.07) is 10.6. The molecule has 1 N–H and O–H groups in total. The maximum Gasteiger partial charge on any atom is 0.233 e. The smallest absolute Gasteiger partial charge is 0.233 e. The average molecular weight is 442 g/mol. The van der Waals surface area contributed by atoms with Gasteiger partial charge in [0.05, 0.1) is 6.20 Å². The van der Waals surface area contributed by atoms with E-state index in [-0.39, 0.29) is 11.5 Å². The number of halogens is 2. The molecule has 6 nitrogen and oxygen atoms in total. The van der Waals surface area contributed by atoms with E-state index < -0.39 is 11.6 Å². The van der Waals surface area contributed by atoms with Gasteiger partial charge in [0.15, 0.2) is 17.3 Å². The summed E-state index contributed by atoms with van der Waals surface area (Å²) in [4.78, 5) is 21.4. The minimum Gasteiger partial charge on any atom is -0.450 e. The third kappa shape index (κ3) is 5.37. The number of ether oxygens (including phenoxy) is 1. The molecule has 0 atom stereocenters. The summed E-state index contributed by atoms with van der Waals surface area (Å²) < 4.78 is 36.2. The first-order valence-corrected chi connectivity index (χ1v) is 10.4. The fraction of sp³-hybridized carbons (Fsp3) is 0.136. The molecule has 0 fully saturated rings. The van der Waals surface area contributed by atoms with Gasteiger partial charge in [-0.1, -0.05) is 36.2 Å². The van der Waals surface area contributed by atoms with E-state index in [9.17, 15) is 13.6 Å². The Morgan fingerprint density at radius 1 is 1.19 bits per heavy atom. The maximum absolute atomic E-state index is 14.2. The molecule has 160 valence electrons. The third-order valence-corrected chi connectivity index (χ3v) is 4.64. The maximum atomic E-state index is 14.2.